The molecule has 1 saturated heterocycles. The maximum absolute atomic E-state index is 13.8. The lowest BCUT2D eigenvalue weighted by Crippen LogP contribution is -2.41. The van der Waals surface area contributed by atoms with Gasteiger partial charge in [0.2, 0.25) is 11.8 Å². The van der Waals surface area contributed by atoms with Gasteiger partial charge in [-0.3, -0.25) is 19.0 Å². The van der Waals surface area contributed by atoms with Crippen molar-refractivity contribution in [2.45, 2.75) is 46.2 Å². The summed E-state index contributed by atoms with van der Waals surface area (Å²) >= 11 is 0. The Hall–Kier alpha value is -4.30. The summed E-state index contributed by atoms with van der Waals surface area (Å²) in [6, 6.07) is 19.7. The van der Waals surface area contributed by atoms with E-state index in [2.05, 4.69) is 39.5 Å². The van der Waals surface area contributed by atoms with Gasteiger partial charge in [-0.25, -0.2) is 4.98 Å². The van der Waals surface area contributed by atoms with Crippen LogP contribution in [0.25, 0.3) is 22.2 Å². The molecule has 0 radical (unpaired) electrons. The van der Waals surface area contributed by atoms with Gasteiger partial charge in [-0.15, -0.1) is 0 Å². The van der Waals surface area contributed by atoms with E-state index < -0.39 is 0 Å². The van der Waals surface area contributed by atoms with Crippen LogP contribution in [0, 0.1) is 13.8 Å². The maximum Gasteiger partial charge on any atom is 0.269 e. The van der Waals surface area contributed by atoms with E-state index in [1.807, 2.05) is 57.3 Å². The summed E-state index contributed by atoms with van der Waals surface area (Å²) in [7, 11) is 1.83. The van der Waals surface area contributed by atoms with E-state index in [9.17, 15) is 14.4 Å². The van der Waals surface area contributed by atoms with Crippen LogP contribution in [0.2, 0.25) is 0 Å². The number of carbonyl (C=O) groups is 2. The number of hydrogen-bond acceptors (Lipinski definition) is 5. The molecule has 1 aliphatic rings. The summed E-state index contributed by atoms with van der Waals surface area (Å²) in [6.45, 7) is 8.20. The Morgan fingerprint density at radius 3 is 2.39 bits per heavy atom. The van der Waals surface area contributed by atoms with Gasteiger partial charge in [0.15, 0.2) is 0 Å². The van der Waals surface area contributed by atoms with Crippen molar-refractivity contribution in [3.8, 4) is 11.1 Å². The van der Waals surface area contributed by atoms with Crippen LogP contribution in [0.4, 0.5) is 5.69 Å². The molecule has 0 aliphatic carbocycles. The summed E-state index contributed by atoms with van der Waals surface area (Å²) in [5, 5.41) is 2.84. The number of rotatable bonds is 8. The highest BCUT2D eigenvalue weighted by atomic mass is 16.2. The fourth-order valence-electron chi connectivity index (χ4n) is 5.54. The lowest BCUT2D eigenvalue weighted by molar-refractivity contribution is -0.133. The van der Waals surface area contributed by atoms with E-state index in [4.69, 9.17) is 0 Å². The molecule has 0 bridgehead atoms. The topological polar surface area (TPSA) is 87.5 Å². The van der Waals surface area contributed by atoms with Gasteiger partial charge in [-0.2, -0.15) is 0 Å². The Labute approximate surface area is 240 Å². The van der Waals surface area contributed by atoms with E-state index in [1.165, 1.54) is 17.7 Å². The van der Waals surface area contributed by atoms with Crippen molar-refractivity contribution >= 4 is 28.5 Å². The van der Waals surface area contributed by atoms with Crippen molar-refractivity contribution in [2.75, 3.05) is 32.0 Å². The van der Waals surface area contributed by atoms with Gasteiger partial charge < -0.3 is 15.1 Å². The highest BCUT2D eigenvalue weighted by Crippen LogP contribution is 2.28. The van der Waals surface area contributed by atoms with Crippen LogP contribution in [0.1, 0.15) is 42.5 Å². The third-order valence-corrected chi connectivity index (χ3v) is 8.06. The number of nitrogens with one attached hydrogen (secondary N) is 1. The molecule has 41 heavy (non-hydrogen) atoms. The van der Waals surface area contributed by atoms with E-state index in [0.717, 1.165) is 66.0 Å². The van der Waals surface area contributed by atoms with Gasteiger partial charge in [-0.1, -0.05) is 36.4 Å². The van der Waals surface area contributed by atoms with Gasteiger partial charge in [0.25, 0.3) is 5.56 Å². The first kappa shape index (κ1) is 28.2. The largest absolute Gasteiger partial charge is 0.336 e. The molecular weight excluding hydrogens is 514 g/mol. The fraction of sp³-hybridized carbons (Fsp3) is 0.333. The van der Waals surface area contributed by atoms with Crippen LogP contribution in [0.15, 0.2) is 71.7 Å². The number of likely N-dealkylation sites (N-methyl/N-ethyl adjacent to an activating group) is 1. The third-order valence-electron chi connectivity index (χ3n) is 8.06. The highest BCUT2D eigenvalue weighted by Gasteiger charge is 2.26. The summed E-state index contributed by atoms with van der Waals surface area (Å²) in [5.74, 6) is -0.239. The molecule has 2 heterocycles. The molecule has 2 amide bonds. The number of aryl methyl sites for hydroxylation is 2. The maximum atomic E-state index is 13.8. The van der Waals surface area contributed by atoms with Crippen molar-refractivity contribution in [1.82, 2.24) is 19.4 Å². The molecular formula is C33H37N5O3. The van der Waals surface area contributed by atoms with Crippen LogP contribution < -0.4 is 10.9 Å². The molecule has 1 aromatic heterocycles. The number of aromatic nitrogens is 2. The summed E-state index contributed by atoms with van der Waals surface area (Å²) < 4.78 is 1.53. The first-order chi connectivity index (χ1) is 19.7. The Kier molecular flexibility index (Phi) is 8.31. The predicted molar refractivity (Wildman–Crippen MR) is 163 cm³/mol. The Morgan fingerprint density at radius 2 is 1.68 bits per heavy atom. The molecule has 5 rings (SSSR count). The molecule has 1 atom stereocenters. The van der Waals surface area contributed by atoms with Crippen LogP contribution in [-0.2, 0) is 16.1 Å². The average Bonchev–Trinajstić information content (AvgIpc) is 3.47. The predicted octanol–water partition coefficient (Wildman–Crippen LogP) is 4.93. The number of amides is 2. The van der Waals surface area contributed by atoms with E-state index >= 15 is 0 Å². The second-order valence-corrected chi connectivity index (χ2v) is 11.0. The normalized spacial score (nSPS) is 14.2. The zero-order valence-electron chi connectivity index (χ0n) is 24.2. The van der Waals surface area contributed by atoms with E-state index in [0.29, 0.717) is 11.0 Å². The Balaban J connectivity index is 1.42. The minimum Gasteiger partial charge on any atom is -0.336 e. The standard InChI is InChI=1S/C33H37N5O3/c1-22-16-29-30(17-23(22)2)38(32(40)19-34-29)21-33(41)36(4)31(20-37-14-5-6-15-37)26-12-10-25(11-13-26)27-8-7-9-28(18-27)35-24(3)39/h7-13,16-19,31H,5-6,14-15,20-21H2,1-4H3,(H,35,39). The molecule has 212 valence electrons. The SMILES string of the molecule is CC(=O)Nc1cccc(-c2ccc(C(CN3CCCC3)N(C)C(=O)Cn3c(=O)cnc4cc(C)c(C)cc43)cc2)c1. The summed E-state index contributed by atoms with van der Waals surface area (Å²) in [4.78, 5) is 46.6. The summed E-state index contributed by atoms with van der Waals surface area (Å²) in [6.07, 6.45) is 3.61. The van der Waals surface area contributed by atoms with Crippen LogP contribution in [-0.4, -0.2) is 57.8 Å². The lowest BCUT2D eigenvalue weighted by atomic mass is 9.99. The van der Waals surface area contributed by atoms with Crippen molar-refractivity contribution in [1.29, 1.82) is 0 Å². The number of benzene rings is 3. The number of hydrogen-bond donors (Lipinski definition) is 1. The van der Waals surface area contributed by atoms with Crippen molar-refractivity contribution < 1.29 is 9.59 Å². The van der Waals surface area contributed by atoms with Crippen LogP contribution in [0.3, 0.4) is 0 Å². The molecule has 1 N–H and O–H groups in total. The number of fused-ring (bicyclic) bond motifs is 1. The zero-order chi connectivity index (χ0) is 29.1. The first-order valence-corrected chi connectivity index (χ1v) is 14.1. The average molecular weight is 552 g/mol. The van der Waals surface area contributed by atoms with Crippen molar-refractivity contribution in [2.24, 2.45) is 0 Å². The zero-order valence-corrected chi connectivity index (χ0v) is 24.2. The second kappa shape index (κ2) is 12.1. The smallest absolute Gasteiger partial charge is 0.269 e. The molecule has 1 aliphatic heterocycles. The minimum atomic E-state index is -0.288. The molecule has 0 saturated carbocycles. The molecule has 8 heteroatoms. The molecule has 8 nitrogen and oxygen atoms in total. The second-order valence-electron chi connectivity index (χ2n) is 11.0. The van der Waals surface area contributed by atoms with Gasteiger partial charge in [0.05, 0.1) is 23.3 Å². The molecule has 1 unspecified atom stereocenters. The molecule has 4 aromatic rings. The molecule has 0 spiro atoms. The third kappa shape index (κ3) is 6.38. The number of carbonyl (C=O) groups excluding carboxylic acids is 2. The first-order valence-electron chi connectivity index (χ1n) is 14.1. The number of anilines is 1. The minimum absolute atomic E-state index is 0.0542. The van der Waals surface area contributed by atoms with Crippen LogP contribution >= 0.6 is 0 Å². The van der Waals surface area contributed by atoms with Gasteiger partial charge in [0, 0.05) is 26.2 Å². The number of nitrogens with zero attached hydrogens (tertiary/aromatic N) is 4. The highest BCUT2D eigenvalue weighted by molar-refractivity contribution is 5.89. The van der Waals surface area contributed by atoms with Gasteiger partial charge in [-0.05, 0) is 91.9 Å². The fourth-order valence-corrected chi connectivity index (χ4v) is 5.54. The van der Waals surface area contributed by atoms with Gasteiger partial charge in [0.1, 0.15) is 6.54 Å². The van der Waals surface area contributed by atoms with Crippen molar-refractivity contribution in [3.63, 3.8) is 0 Å². The molecule has 1 fully saturated rings. The quantitative estimate of drug-likeness (QED) is 0.335. The van der Waals surface area contributed by atoms with Crippen molar-refractivity contribution in [3.05, 3.63) is 93.9 Å². The monoisotopic (exact) mass is 551 g/mol. The van der Waals surface area contributed by atoms with E-state index in [1.54, 1.807) is 4.90 Å². The van der Waals surface area contributed by atoms with Gasteiger partial charge >= 0.3 is 0 Å². The molecule has 3 aromatic carbocycles. The lowest BCUT2D eigenvalue weighted by Gasteiger charge is -2.32. The van der Waals surface area contributed by atoms with Crippen LogP contribution in [0.5, 0.6) is 0 Å². The summed E-state index contributed by atoms with van der Waals surface area (Å²) in [5.41, 5.74) is 7.04. The Bertz CT molecular complexity index is 1640. The van der Waals surface area contributed by atoms with E-state index in [-0.39, 0.29) is 30.0 Å². The number of likely N-dealkylation sites (tertiary alicyclic amines) is 1. The Morgan fingerprint density at radius 1 is 0.976 bits per heavy atom.